The number of ether oxygens (including phenoxy) is 1. The highest BCUT2D eigenvalue weighted by Crippen LogP contribution is 2.18. The Bertz CT molecular complexity index is 839. The van der Waals surface area contributed by atoms with Crippen LogP contribution in [0.2, 0.25) is 0 Å². The lowest BCUT2D eigenvalue weighted by Gasteiger charge is -2.09. The zero-order chi connectivity index (χ0) is 17.4. The van der Waals surface area contributed by atoms with E-state index in [9.17, 15) is 4.39 Å². The van der Waals surface area contributed by atoms with Crippen molar-refractivity contribution in [1.29, 1.82) is 5.26 Å². The minimum absolute atomic E-state index is 0.0797. The van der Waals surface area contributed by atoms with Crippen LogP contribution in [0.1, 0.15) is 25.0 Å². The van der Waals surface area contributed by atoms with Crippen molar-refractivity contribution < 1.29 is 9.13 Å². The molecule has 24 heavy (non-hydrogen) atoms. The van der Waals surface area contributed by atoms with Crippen molar-refractivity contribution in [2.45, 2.75) is 20.5 Å². The van der Waals surface area contributed by atoms with Gasteiger partial charge in [0.15, 0.2) is 5.82 Å². The van der Waals surface area contributed by atoms with Crippen LogP contribution in [-0.4, -0.2) is 14.8 Å². The average molecular weight is 324 g/mol. The molecule has 0 spiro atoms. The van der Waals surface area contributed by atoms with Crippen molar-refractivity contribution in [1.82, 2.24) is 14.8 Å². The standard InChI is InChI=1S/C16H11FN4O.C2H6/c17-14-4-2-1-3-13(14)11-22-16-6-8-20-21(16)15-9-12(10-18)5-7-19-15;1-2/h1-9H,11H2;1-2H3. The van der Waals surface area contributed by atoms with Gasteiger partial charge in [-0.2, -0.15) is 15.0 Å². The van der Waals surface area contributed by atoms with Gasteiger partial charge in [-0.1, -0.05) is 32.0 Å². The Labute approximate surface area is 140 Å². The van der Waals surface area contributed by atoms with E-state index >= 15 is 0 Å². The molecule has 0 bridgehead atoms. The number of nitriles is 1. The summed E-state index contributed by atoms with van der Waals surface area (Å²) in [4.78, 5) is 4.16. The zero-order valence-electron chi connectivity index (χ0n) is 13.5. The molecule has 3 rings (SSSR count). The molecule has 0 radical (unpaired) electrons. The Balaban J connectivity index is 0.00000100. The summed E-state index contributed by atoms with van der Waals surface area (Å²) in [6, 6.07) is 13.3. The third-order valence-electron chi connectivity index (χ3n) is 3.03. The molecule has 6 heteroatoms. The number of aromatic nitrogens is 3. The van der Waals surface area contributed by atoms with E-state index in [0.29, 0.717) is 22.8 Å². The summed E-state index contributed by atoms with van der Waals surface area (Å²) in [7, 11) is 0. The van der Waals surface area contributed by atoms with Gasteiger partial charge in [0.25, 0.3) is 0 Å². The molecule has 0 atom stereocenters. The third kappa shape index (κ3) is 3.96. The van der Waals surface area contributed by atoms with Crippen LogP contribution in [0.4, 0.5) is 4.39 Å². The molecular formula is C18H17FN4O. The molecule has 0 saturated heterocycles. The topological polar surface area (TPSA) is 63.7 Å². The fraction of sp³-hybridized carbons (Fsp3) is 0.167. The van der Waals surface area contributed by atoms with Crippen LogP contribution >= 0.6 is 0 Å². The molecule has 5 nitrogen and oxygen atoms in total. The van der Waals surface area contributed by atoms with E-state index in [1.807, 2.05) is 19.9 Å². The van der Waals surface area contributed by atoms with Crippen LogP contribution in [-0.2, 0) is 6.61 Å². The van der Waals surface area contributed by atoms with E-state index in [1.165, 1.54) is 16.9 Å². The summed E-state index contributed by atoms with van der Waals surface area (Å²) in [6.07, 6.45) is 3.08. The Morgan fingerprint density at radius 1 is 1.17 bits per heavy atom. The summed E-state index contributed by atoms with van der Waals surface area (Å²) < 4.78 is 20.7. The van der Waals surface area contributed by atoms with Crippen LogP contribution in [0.5, 0.6) is 5.88 Å². The van der Waals surface area contributed by atoms with Crippen molar-refractivity contribution in [3.63, 3.8) is 0 Å². The van der Waals surface area contributed by atoms with E-state index in [1.54, 1.807) is 42.6 Å². The zero-order valence-corrected chi connectivity index (χ0v) is 13.5. The Kier molecular flexibility index (Phi) is 6.03. The first-order valence-corrected chi connectivity index (χ1v) is 7.54. The van der Waals surface area contributed by atoms with Gasteiger partial charge in [-0.05, 0) is 12.1 Å². The maximum atomic E-state index is 13.6. The van der Waals surface area contributed by atoms with Crippen LogP contribution in [0.3, 0.4) is 0 Å². The molecule has 0 N–H and O–H groups in total. The van der Waals surface area contributed by atoms with E-state index in [0.717, 1.165) is 0 Å². The molecule has 3 aromatic rings. The fourth-order valence-electron chi connectivity index (χ4n) is 1.94. The maximum absolute atomic E-state index is 13.6. The van der Waals surface area contributed by atoms with Gasteiger partial charge in [0.2, 0.25) is 5.88 Å². The van der Waals surface area contributed by atoms with Crippen LogP contribution < -0.4 is 4.74 Å². The van der Waals surface area contributed by atoms with Gasteiger partial charge in [0.1, 0.15) is 12.4 Å². The highest BCUT2D eigenvalue weighted by atomic mass is 19.1. The quantitative estimate of drug-likeness (QED) is 0.730. The summed E-state index contributed by atoms with van der Waals surface area (Å²) >= 11 is 0. The fourth-order valence-corrected chi connectivity index (χ4v) is 1.94. The summed E-state index contributed by atoms with van der Waals surface area (Å²) in [5.74, 6) is 0.566. The van der Waals surface area contributed by atoms with E-state index in [4.69, 9.17) is 10.00 Å². The summed E-state index contributed by atoms with van der Waals surface area (Å²) in [5.41, 5.74) is 0.925. The Morgan fingerprint density at radius 3 is 2.71 bits per heavy atom. The molecule has 0 saturated carbocycles. The molecule has 2 heterocycles. The average Bonchev–Trinajstić information content (AvgIpc) is 3.11. The molecule has 0 aliphatic rings. The van der Waals surface area contributed by atoms with E-state index in [2.05, 4.69) is 10.1 Å². The highest BCUT2D eigenvalue weighted by molar-refractivity contribution is 5.37. The normalized spacial score (nSPS) is 9.58. The monoisotopic (exact) mass is 324 g/mol. The van der Waals surface area contributed by atoms with Gasteiger partial charge in [-0.3, -0.25) is 0 Å². The minimum atomic E-state index is -0.321. The van der Waals surface area contributed by atoms with Gasteiger partial charge in [0, 0.05) is 23.9 Å². The van der Waals surface area contributed by atoms with Crippen LogP contribution in [0.25, 0.3) is 5.82 Å². The molecule has 2 aromatic heterocycles. The van der Waals surface area contributed by atoms with Gasteiger partial charge in [0.05, 0.1) is 17.8 Å². The highest BCUT2D eigenvalue weighted by Gasteiger charge is 2.09. The predicted octanol–water partition coefficient (Wildman–Crippen LogP) is 3.88. The summed E-state index contributed by atoms with van der Waals surface area (Å²) in [6.45, 7) is 4.08. The number of hydrogen-bond donors (Lipinski definition) is 0. The second-order valence-electron chi connectivity index (χ2n) is 4.48. The largest absolute Gasteiger partial charge is 0.473 e. The first-order valence-electron chi connectivity index (χ1n) is 7.54. The molecular weight excluding hydrogens is 307 g/mol. The number of halogens is 1. The van der Waals surface area contributed by atoms with Crippen molar-refractivity contribution >= 4 is 0 Å². The van der Waals surface area contributed by atoms with Crippen LogP contribution in [0, 0.1) is 17.1 Å². The molecule has 0 fully saturated rings. The second kappa shape index (κ2) is 8.44. The van der Waals surface area contributed by atoms with E-state index in [-0.39, 0.29) is 12.4 Å². The Hall–Kier alpha value is -3.20. The predicted molar refractivity (Wildman–Crippen MR) is 88.2 cm³/mol. The number of nitrogens with zero attached hydrogens (tertiary/aromatic N) is 4. The van der Waals surface area contributed by atoms with E-state index < -0.39 is 0 Å². The number of rotatable bonds is 4. The lowest BCUT2D eigenvalue weighted by Crippen LogP contribution is -2.05. The third-order valence-corrected chi connectivity index (χ3v) is 3.03. The molecule has 0 aliphatic carbocycles. The first-order chi connectivity index (χ1) is 11.8. The van der Waals surface area contributed by atoms with Gasteiger partial charge >= 0.3 is 0 Å². The number of hydrogen-bond acceptors (Lipinski definition) is 4. The van der Waals surface area contributed by atoms with Gasteiger partial charge in [-0.25, -0.2) is 9.37 Å². The van der Waals surface area contributed by atoms with Crippen molar-refractivity contribution in [3.8, 4) is 17.8 Å². The smallest absolute Gasteiger partial charge is 0.218 e. The molecule has 0 amide bonds. The molecule has 1 aromatic carbocycles. The van der Waals surface area contributed by atoms with Crippen LogP contribution in [0.15, 0.2) is 54.9 Å². The minimum Gasteiger partial charge on any atom is -0.473 e. The lowest BCUT2D eigenvalue weighted by atomic mass is 10.2. The molecule has 122 valence electrons. The number of pyridine rings is 1. The first kappa shape index (κ1) is 17.2. The van der Waals surface area contributed by atoms with Gasteiger partial charge in [-0.15, -0.1) is 0 Å². The number of benzene rings is 1. The SMILES string of the molecule is CC.N#Cc1ccnc(-n2nccc2OCc2ccccc2F)c1. The second-order valence-corrected chi connectivity index (χ2v) is 4.48. The van der Waals surface area contributed by atoms with Crippen molar-refractivity contribution in [3.05, 3.63) is 71.8 Å². The molecule has 0 aliphatic heterocycles. The van der Waals surface area contributed by atoms with Crippen molar-refractivity contribution in [2.24, 2.45) is 0 Å². The van der Waals surface area contributed by atoms with Gasteiger partial charge < -0.3 is 4.74 Å². The Morgan fingerprint density at radius 2 is 1.96 bits per heavy atom. The lowest BCUT2D eigenvalue weighted by molar-refractivity contribution is 0.279. The van der Waals surface area contributed by atoms with Crippen molar-refractivity contribution in [2.75, 3.05) is 0 Å². The summed E-state index contributed by atoms with van der Waals surface area (Å²) in [5, 5.41) is 13.1. The maximum Gasteiger partial charge on any atom is 0.218 e. The molecule has 0 unspecified atom stereocenters.